The van der Waals surface area contributed by atoms with E-state index < -0.39 is 0 Å². The van der Waals surface area contributed by atoms with Gasteiger partial charge in [0.05, 0.1) is 11.7 Å². The van der Waals surface area contributed by atoms with Crippen LogP contribution in [0.25, 0.3) is 0 Å². The van der Waals surface area contributed by atoms with Gasteiger partial charge in [0.1, 0.15) is 0 Å². The number of hydrogen-bond acceptors (Lipinski definition) is 2. The number of rotatable bonds is 6. The van der Waals surface area contributed by atoms with E-state index in [9.17, 15) is 0 Å². The standard InChI is InChI=1S/C14H27NO/c1-14(2)10-9-12(16-14)5-4-6-13(15-3)11-7-8-11/h11-13,15H,4-10H2,1-3H3. The summed E-state index contributed by atoms with van der Waals surface area (Å²) in [4.78, 5) is 0. The molecule has 1 saturated carbocycles. The average molecular weight is 225 g/mol. The summed E-state index contributed by atoms with van der Waals surface area (Å²) in [5, 5.41) is 3.46. The van der Waals surface area contributed by atoms with E-state index in [1.165, 1.54) is 44.9 Å². The first-order valence-electron chi connectivity index (χ1n) is 6.96. The van der Waals surface area contributed by atoms with Crippen LogP contribution in [0, 0.1) is 5.92 Å². The van der Waals surface area contributed by atoms with Crippen LogP contribution in [0.3, 0.4) is 0 Å². The molecule has 2 rings (SSSR count). The summed E-state index contributed by atoms with van der Waals surface area (Å²) in [6, 6.07) is 0.773. The number of hydrogen-bond donors (Lipinski definition) is 1. The van der Waals surface area contributed by atoms with Crippen LogP contribution in [0.1, 0.15) is 58.8 Å². The molecule has 0 aromatic carbocycles. The maximum absolute atomic E-state index is 6.02. The maximum atomic E-state index is 6.02. The van der Waals surface area contributed by atoms with E-state index in [1.807, 2.05) is 0 Å². The molecule has 2 aliphatic rings. The Morgan fingerprint density at radius 3 is 2.56 bits per heavy atom. The van der Waals surface area contributed by atoms with Crippen LogP contribution in [0.15, 0.2) is 0 Å². The highest BCUT2D eigenvalue weighted by atomic mass is 16.5. The van der Waals surface area contributed by atoms with Gasteiger partial charge in [0.25, 0.3) is 0 Å². The smallest absolute Gasteiger partial charge is 0.0631 e. The molecule has 1 saturated heterocycles. The lowest BCUT2D eigenvalue weighted by Crippen LogP contribution is -2.27. The van der Waals surface area contributed by atoms with Crippen LogP contribution in [0.2, 0.25) is 0 Å². The second-order valence-corrected chi connectivity index (χ2v) is 6.20. The average Bonchev–Trinajstić information content (AvgIpc) is 2.99. The SMILES string of the molecule is CNC(CCCC1CCC(C)(C)O1)C1CC1. The van der Waals surface area contributed by atoms with E-state index in [0.29, 0.717) is 6.10 Å². The van der Waals surface area contributed by atoms with Crippen molar-refractivity contribution in [2.75, 3.05) is 7.05 Å². The highest BCUT2D eigenvalue weighted by molar-refractivity contribution is 4.86. The molecule has 94 valence electrons. The van der Waals surface area contributed by atoms with Gasteiger partial charge >= 0.3 is 0 Å². The van der Waals surface area contributed by atoms with E-state index in [0.717, 1.165) is 12.0 Å². The molecule has 2 nitrogen and oxygen atoms in total. The van der Waals surface area contributed by atoms with Crippen LogP contribution >= 0.6 is 0 Å². The van der Waals surface area contributed by atoms with Crippen LogP contribution in [0.4, 0.5) is 0 Å². The summed E-state index contributed by atoms with van der Waals surface area (Å²) in [5.41, 5.74) is 0.142. The minimum atomic E-state index is 0.142. The van der Waals surface area contributed by atoms with Gasteiger partial charge in [-0.25, -0.2) is 0 Å². The van der Waals surface area contributed by atoms with Gasteiger partial charge in [0.15, 0.2) is 0 Å². The molecule has 0 radical (unpaired) electrons. The zero-order valence-corrected chi connectivity index (χ0v) is 11.1. The highest BCUT2D eigenvalue weighted by Crippen LogP contribution is 2.36. The zero-order valence-electron chi connectivity index (χ0n) is 11.1. The fourth-order valence-corrected chi connectivity index (χ4v) is 2.96. The summed E-state index contributed by atoms with van der Waals surface area (Å²) in [6.45, 7) is 4.43. The lowest BCUT2D eigenvalue weighted by molar-refractivity contribution is -0.0193. The third-order valence-electron chi connectivity index (χ3n) is 4.16. The van der Waals surface area contributed by atoms with Crippen molar-refractivity contribution < 1.29 is 4.74 Å². The molecule has 2 fully saturated rings. The minimum absolute atomic E-state index is 0.142. The predicted octanol–water partition coefficient (Wildman–Crippen LogP) is 3.11. The van der Waals surface area contributed by atoms with Crippen molar-refractivity contribution in [1.82, 2.24) is 5.32 Å². The molecule has 2 atom stereocenters. The van der Waals surface area contributed by atoms with Crippen LogP contribution in [-0.2, 0) is 4.74 Å². The van der Waals surface area contributed by atoms with E-state index in [4.69, 9.17) is 4.74 Å². The van der Waals surface area contributed by atoms with E-state index in [1.54, 1.807) is 0 Å². The molecular formula is C14H27NO. The predicted molar refractivity (Wildman–Crippen MR) is 67.6 cm³/mol. The molecule has 2 heteroatoms. The molecule has 0 aromatic heterocycles. The summed E-state index contributed by atoms with van der Waals surface area (Å²) >= 11 is 0. The number of ether oxygens (including phenoxy) is 1. The van der Waals surface area contributed by atoms with Gasteiger partial charge in [-0.1, -0.05) is 0 Å². The topological polar surface area (TPSA) is 21.3 Å². The lowest BCUT2D eigenvalue weighted by atomic mass is 10.0. The van der Waals surface area contributed by atoms with Crippen LogP contribution in [0.5, 0.6) is 0 Å². The van der Waals surface area contributed by atoms with Crippen molar-refractivity contribution in [2.45, 2.75) is 76.5 Å². The van der Waals surface area contributed by atoms with Crippen molar-refractivity contribution in [3.8, 4) is 0 Å². The largest absolute Gasteiger partial charge is 0.372 e. The van der Waals surface area contributed by atoms with Gasteiger partial charge in [-0.3, -0.25) is 0 Å². The first kappa shape index (κ1) is 12.4. The molecule has 0 spiro atoms. The Balaban J connectivity index is 1.61. The van der Waals surface area contributed by atoms with Crippen molar-refractivity contribution in [3.05, 3.63) is 0 Å². The monoisotopic (exact) mass is 225 g/mol. The first-order valence-corrected chi connectivity index (χ1v) is 6.96. The minimum Gasteiger partial charge on any atom is -0.372 e. The first-order chi connectivity index (χ1) is 7.61. The zero-order chi connectivity index (χ0) is 11.6. The molecule has 0 amide bonds. The van der Waals surface area contributed by atoms with Gasteiger partial charge in [-0.15, -0.1) is 0 Å². The van der Waals surface area contributed by atoms with Gasteiger partial charge in [0.2, 0.25) is 0 Å². The van der Waals surface area contributed by atoms with Crippen LogP contribution < -0.4 is 5.32 Å². The van der Waals surface area contributed by atoms with E-state index >= 15 is 0 Å². The van der Waals surface area contributed by atoms with Gasteiger partial charge in [-0.05, 0) is 71.8 Å². The molecule has 16 heavy (non-hydrogen) atoms. The number of nitrogens with one attached hydrogen (secondary N) is 1. The van der Waals surface area contributed by atoms with Crippen molar-refractivity contribution >= 4 is 0 Å². The molecule has 1 aliphatic carbocycles. The summed E-state index contributed by atoms with van der Waals surface area (Å²) in [5.74, 6) is 0.978. The Morgan fingerprint density at radius 2 is 2.06 bits per heavy atom. The molecule has 1 aliphatic heterocycles. The second kappa shape index (κ2) is 5.05. The maximum Gasteiger partial charge on any atom is 0.0631 e. The Labute approximate surface area is 100 Å². The van der Waals surface area contributed by atoms with Gasteiger partial charge in [-0.2, -0.15) is 0 Å². The molecule has 1 N–H and O–H groups in total. The second-order valence-electron chi connectivity index (χ2n) is 6.20. The third kappa shape index (κ3) is 3.46. The van der Waals surface area contributed by atoms with E-state index in [2.05, 4.69) is 26.2 Å². The Kier molecular flexibility index (Phi) is 3.91. The Bertz CT molecular complexity index is 223. The van der Waals surface area contributed by atoms with Crippen molar-refractivity contribution in [1.29, 1.82) is 0 Å². The summed E-state index contributed by atoms with van der Waals surface area (Å²) < 4.78 is 6.02. The Morgan fingerprint density at radius 1 is 1.31 bits per heavy atom. The molecule has 0 bridgehead atoms. The molecule has 0 aromatic rings. The summed E-state index contributed by atoms with van der Waals surface area (Å²) in [6.07, 6.45) is 9.83. The van der Waals surface area contributed by atoms with Crippen molar-refractivity contribution in [2.24, 2.45) is 5.92 Å². The quantitative estimate of drug-likeness (QED) is 0.750. The normalized spacial score (nSPS) is 30.6. The van der Waals surface area contributed by atoms with Gasteiger partial charge in [0, 0.05) is 6.04 Å². The highest BCUT2D eigenvalue weighted by Gasteiger charge is 2.32. The van der Waals surface area contributed by atoms with E-state index in [-0.39, 0.29) is 5.60 Å². The third-order valence-corrected chi connectivity index (χ3v) is 4.16. The summed E-state index contributed by atoms with van der Waals surface area (Å²) in [7, 11) is 2.11. The molecule has 2 unspecified atom stereocenters. The fraction of sp³-hybridized carbons (Fsp3) is 1.00. The molecular weight excluding hydrogens is 198 g/mol. The molecule has 1 heterocycles. The Hall–Kier alpha value is -0.0800. The van der Waals surface area contributed by atoms with Crippen molar-refractivity contribution in [3.63, 3.8) is 0 Å². The fourth-order valence-electron chi connectivity index (χ4n) is 2.96. The van der Waals surface area contributed by atoms with Crippen LogP contribution in [-0.4, -0.2) is 24.8 Å². The lowest BCUT2D eigenvalue weighted by Gasteiger charge is -2.20. The van der Waals surface area contributed by atoms with Gasteiger partial charge < -0.3 is 10.1 Å².